The first-order valence-electron chi connectivity index (χ1n) is 9.70. The second kappa shape index (κ2) is 7.82. The molecule has 2 aromatic rings. The van der Waals surface area contributed by atoms with E-state index in [0.29, 0.717) is 0 Å². The molecule has 5 heteroatoms. The Morgan fingerprint density at radius 1 is 1.04 bits per heavy atom. The first kappa shape index (κ1) is 17.6. The summed E-state index contributed by atoms with van der Waals surface area (Å²) in [6, 6.07) is 9.09. The van der Waals surface area contributed by atoms with E-state index in [1.54, 1.807) is 0 Å². The number of aryl methyl sites for hydroxylation is 1. The molecule has 1 atom stereocenters. The van der Waals surface area contributed by atoms with E-state index >= 15 is 0 Å². The fourth-order valence-electron chi connectivity index (χ4n) is 4.07. The first-order valence-corrected chi connectivity index (χ1v) is 9.70. The van der Waals surface area contributed by atoms with E-state index in [2.05, 4.69) is 62.9 Å². The Morgan fingerprint density at radius 2 is 1.81 bits per heavy atom. The lowest BCUT2D eigenvalue weighted by molar-refractivity contribution is 0.112. The molecule has 2 aliphatic rings. The van der Waals surface area contributed by atoms with Gasteiger partial charge in [-0.2, -0.15) is 0 Å². The van der Waals surface area contributed by atoms with Gasteiger partial charge in [-0.15, -0.1) is 0 Å². The highest BCUT2D eigenvalue weighted by molar-refractivity contribution is 5.55. The molecule has 2 aliphatic heterocycles. The molecule has 0 radical (unpaired) electrons. The van der Waals surface area contributed by atoms with Crippen LogP contribution in [0.4, 0.5) is 0 Å². The lowest BCUT2D eigenvalue weighted by Crippen LogP contribution is -2.49. The summed E-state index contributed by atoms with van der Waals surface area (Å²) in [6.07, 6.45) is 5.27. The Labute approximate surface area is 156 Å². The number of hydrogen-bond donors (Lipinski definition) is 0. The molecule has 138 valence electrons. The molecule has 2 saturated heterocycles. The third-order valence-corrected chi connectivity index (χ3v) is 5.69. The summed E-state index contributed by atoms with van der Waals surface area (Å²) < 4.78 is 0. The van der Waals surface area contributed by atoms with Gasteiger partial charge in [-0.1, -0.05) is 23.8 Å². The number of rotatable bonds is 4. The van der Waals surface area contributed by atoms with Gasteiger partial charge in [-0.25, -0.2) is 9.97 Å². The van der Waals surface area contributed by atoms with E-state index < -0.39 is 0 Å². The summed E-state index contributed by atoms with van der Waals surface area (Å²) in [5.41, 5.74) is 3.54. The van der Waals surface area contributed by atoms with Crippen LogP contribution in [0, 0.1) is 6.92 Å². The minimum Gasteiger partial charge on any atom is -0.304 e. The Balaban J connectivity index is 1.33. The first-order chi connectivity index (χ1) is 12.7. The second-order valence-electron chi connectivity index (χ2n) is 7.80. The normalized spacial score (nSPS) is 22.8. The minimum absolute atomic E-state index is 0.719. The monoisotopic (exact) mass is 351 g/mol. The summed E-state index contributed by atoms with van der Waals surface area (Å²) in [4.78, 5) is 16.8. The molecule has 1 aromatic heterocycles. The summed E-state index contributed by atoms with van der Waals surface area (Å²) in [5.74, 6) is 0.814. The van der Waals surface area contributed by atoms with E-state index in [1.165, 1.54) is 56.8 Å². The fraction of sp³-hybridized carbons (Fsp3) is 0.524. The van der Waals surface area contributed by atoms with Crippen LogP contribution < -0.4 is 0 Å². The highest BCUT2D eigenvalue weighted by atomic mass is 15.3. The third-order valence-electron chi connectivity index (χ3n) is 5.69. The SMILES string of the molecule is Cc1cccc(-c2ncc(CN3CC[C@H](N4CCN(C)CC4)C3)cn2)c1. The molecule has 2 fully saturated rings. The number of likely N-dealkylation sites (tertiary alicyclic amines) is 1. The van der Waals surface area contributed by atoms with Crippen molar-refractivity contribution in [3.8, 4) is 11.4 Å². The standard InChI is InChI=1S/C21H29N5/c1-17-4-3-5-19(12-17)21-22-13-18(14-23-21)15-25-7-6-20(16-25)26-10-8-24(2)9-11-26/h3-5,12-14,20H,6-11,15-16H2,1-2H3/t20-/m0/s1. The molecule has 5 nitrogen and oxygen atoms in total. The van der Waals surface area contributed by atoms with Crippen LogP contribution in [-0.4, -0.2) is 77.0 Å². The molecule has 0 unspecified atom stereocenters. The number of piperazine rings is 1. The molecule has 0 spiro atoms. The zero-order valence-corrected chi connectivity index (χ0v) is 15.9. The van der Waals surface area contributed by atoms with Crippen LogP contribution in [0.25, 0.3) is 11.4 Å². The maximum absolute atomic E-state index is 4.60. The van der Waals surface area contributed by atoms with Crippen molar-refractivity contribution in [3.05, 3.63) is 47.8 Å². The predicted molar refractivity (Wildman–Crippen MR) is 105 cm³/mol. The van der Waals surface area contributed by atoms with E-state index in [-0.39, 0.29) is 0 Å². The van der Waals surface area contributed by atoms with Crippen LogP contribution in [0.1, 0.15) is 17.5 Å². The molecule has 0 bridgehead atoms. The minimum atomic E-state index is 0.719. The lowest BCUT2D eigenvalue weighted by atomic mass is 10.1. The summed E-state index contributed by atoms with van der Waals surface area (Å²) >= 11 is 0. The molecule has 0 N–H and O–H groups in total. The van der Waals surface area contributed by atoms with E-state index in [9.17, 15) is 0 Å². The number of aromatic nitrogens is 2. The molecule has 0 amide bonds. The van der Waals surface area contributed by atoms with Crippen molar-refractivity contribution in [2.75, 3.05) is 46.3 Å². The van der Waals surface area contributed by atoms with Gasteiger partial charge in [0.1, 0.15) is 0 Å². The third kappa shape index (κ3) is 4.11. The van der Waals surface area contributed by atoms with Crippen molar-refractivity contribution in [1.82, 2.24) is 24.7 Å². The Hall–Kier alpha value is -1.82. The number of likely N-dealkylation sites (N-methyl/N-ethyl adjacent to an activating group) is 1. The zero-order valence-electron chi connectivity index (χ0n) is 15.9. The summed E-state index contributed by atoms with van der Waals surface area (Å²) in [5, 5.41) is 0. The van der Waals surface area contributed by atoms with E-state index in [4.69, 9.17) is 0 Å². The molecule has 1 aromatic carbocycles. The number of hydrogen-bond acceptors (Lipinski definition) is 5. The fourth-order valence-corrected chi connectivity index (χ4v) is 4.07. The van der Waals surface area contributed by atoms with Crippen molar-refractivity contribution in [3.63, 3.8) is 0 Å². The smallest absolute Gasteiger partial charge is 0.159 e. The van der Waals surface area contributed by atoms with Crippen LogP contribution in [0.3, 0.4) is 0 Å². The van der Waals surface area contributed by atoms with Gasteiger partial charge in [0, 0.05) is 75.4 Å². The quantitative estimate of drug-likeness (QED) is 0.844. The average Bonchev–Trinajstić information content (AvgIpc) is 3.11. The molecular weight excluding hydrogens is 322 g/mol. The van der Waals surface area contributed by atoms with Crippen LogP contribution in [0.5, 0.6) is 0 Å². The van der Waals surface area contributed by atoms with Crippen molar-refractivity contribution < 1.29 is 0 Å². The van der Waals surface area contributed by atoms with E-state index in [0.717, 1.165) is 24.0 Å². The van der Waals surface area contributed by atoms with Gasteiger partial charge >= 0.3 is 0 Å². The highest BCUT2D eigenvalue weighted by Gasteiger charge is 2.29. The molecule has 0 aliphatic carbocycles. The van der Waals surface area contributed by atoms with Gasteiger partial charge in [-0.05, 0) is 26.5 Å². The lowest BCUT2D eigenvalue weighted by Gasteiger charge is -2.36. The molecular formula is C21H29N5. The Bertz CT molecular complexity index is 721. The highest BCUT2D eigenvalue weighted by Crippen LogP contribution is 2.20. The summed E-state index contributed by atoms with van der Waals surface area (Å²) in [7, 11) is 2.22. The number of nitrogens with zero attached hydrogens (tertiary/aromatic N) is 5. The predicted octanol–water partition coefficient (Wildman–Crippen LogP) is 2.27. The van der Waals surface area contributed by atoms with Crippen LogP contribution in [-0.2, 0) is 6.54 Å². The molecule has 4 rings (SSSR count). The summed E-state index contributed by atoms with van der Waals surface area (Å²) in [6.45, 7) is 10.2. The van der Waals surface area contributed by atoms with Crippen molar-refractivity contribution in [2.24, 2.45) is 0 Å². The molecule has 3 heterocycles. The van der Waals surface area contributed by atoms with Crippen LogP contribution >= 0.6 is 0 Å². The van der Waals surface area contributed by atoms with Gasteiger partial charge in [0.15, 0.2) is 5.82 Å². The topological polar surface area (TPSA) is 35.5 Å². The maximum atomic E-state index is 4.60. The van der Waals surface area contributed by atoms with Gasteiger partial charge < -0.3 is 4.90 Å². The largest absolute Gasteiger partial charge is 0.304 e. The van der Waals surface area contributed by atoms with Gasteiger partial charge in [0.2, 0.25) is 0 Å². The van der Waals surface area contributed by atoms with Crippen LogP contribution in [0.2, 0.25) is 0 Å². The number of benzene rings is 1. The van der Waals surface area contributed by atoms with E-state index in [1.807, 2.05) is 12.4 Å². The van der Waals surface area contributed by atoms with Crippen molar-refractivity contribution in [2.45, 2.75) is 25.9 Å². The Morgan fingerprint density at radius 3 is 2.54 bits per heavy atom. The van der Waals surface area contributed by atoms with Crippen molar-refractivity contribution >= 4 is 0 Å². The Kier molecular flexibility index (Phi) is 5.29. The maximum Gasteiger partial charge on any atom is 0.159 e. The zero-order chi connectivity index (χ0) is 17.9. The van der Waals surface area contributed by atoms with Crippen molar-refractivity contribution in [1.29, 1.82) is 0 Å². The van der Waals surface area contributed by atoms with Gasteiger partial charge in [0.05, 0.1) is 0 Å². The van der Waals surface area contributed by atoms with Crippen LogP contribution in [0.15, 0.2) is 36.7 Å². The molecule has 0 saturated carbocycles. The van der Waals surface area contributed by atoms with Gasteiger partial charge in [0.25, 0.3) is 0 Å². The second-order valence-corrected chi connectivity index (χ2v) is 7.80. The molecule has 26 heavy (non-hydrogen) atoms. The van der Waals surface area contributed by atoms with Gasteiger partial charge in [-0.3, -0.25) is 9.80 Å². The average molecular weight is 351 g/mol.